The second-order valence-corrected chi connectivity index (χ2v) is 5.66. The van der Waals surface area contributed by atoms with Gasteiger partial charge >= 0.3 is 0 Å². The number of hydrogen-bond acceptors (Lipinski definition) is 1. The Morgan fingerprint density at radius 1 is 0.952 bits per heavy atom. The van der Waals surface area contributed by atoms with Gasteiger partial charge in [0.2, 0.25) is 0 Å². The molecule has 1 aromatic heterocycles. The van der Waals surface area contributed by atoms with Gasteiger partial charge in [0.15, 0.2) is 0 Å². The van der Waals surface area contributed by atoms with Crippen LogP contribution in [0.3, 0.4) is 0 Å². The highest BCUT2D eigenvalue weighted by molar-refractivity contribution is 6.35. The van der Waals surface area contributed by atoms with Crippen LogP contribution in [0.15, 0.2) is 48.5 Å². The molecule has 0 fully saturated rings. The number of unbranched alkanes of at least 4 members (excludes halogenated alkanes) is 1. The summed E-state index contributed by atoms with van der Waals surface area (Å²) in [6.45, 7) is 0.740. The van der Waals surface area contributed by atoms with Gasteiger partial charge in [0.05, 0.1) is 10.5 Å². The quantitative estimate of drug-likeness (QED) is 0.655. The summed E-state index contributed by atoms with van der Waals surface area (Å²) < 4.78 is 0. The minimum atomic E-state index is 0.740. The predicted molar refractivity (Wildman–Crippen MR) is 90.7 cm³/mol. The molecule has 3 aromatic rings. The van der Waals surface area contributed by atoms with E-state index >= 15 is 0 Å². The minimum absolute atomic E-state index is 0.740. The lowest BCUT2D eigenvalue weighted by Crippen LogP contribution is -1.99. The molecule has 108 valence electrons. The lowest BCUT2D eigenvalue weighted by Gasteiger charge is -2.05. The van der Waals surface area contributed by atoms with Crippen molar-refractivity contribution in [1.82, 2.24) is 4.98 Å². The van der Waals surface area contributed by atoms with Gasteiger partial charge in [0, 0.05) is 11.1 Å². The molecule has 0 unspecified atom stereocenters. The van der Waals surface area contributed by atoms with Gasteiger partial charge in [0.1, 0.15) is 0 Å². The van der Waals surface area contributed by atoms with Gasteiger partial charge in [-0.25, -0.2) is 0 Å². The molecule has 0 saturated heterocycles. The van der Waals surface area contributed by atoms with Crippen LogP contribution in [0.4, 0.5) is 0 Å². The van der Waals surface area contributed by atoms with E-state index in [1.807, 2.05) is 18.2 Å². The van der Waals surface area contributed by atoms with E-state index in [1.54, 1.807) is 0 Å². The zero-order valence-corrected chi connectivity index (χ0v) is 12.7. The Bertz CT molecular complexity index is 732. The molecule has 21 heavy (non-hydrogen) atoms. The Balaban J connectivity index is 2.13. The van der Waals surface area contributed by atoms with Gasteiger partial charge in [-0.1, -0.05) is 54.1 Å². The maximum atomic E-state index is 6.34. The van der Waals surface area contributed by atoms with E-state index in [4.69, 9.17) is 17.3 Å². The standard InChI is InChI=1S/C18H19ClN2/c19-16-11-6-10-15-14(9-4-5-12-20)17(21-18(15)16)13-7-2-1-3-8-13/h1-3,6-8,10-11,21H,4-5,9,12,20H2. The van der Waals surface area contributed by atoms with Crippen LogP contribution in [-0.4, -0.2) is 11.5 Å². The molecule has 0 saturated carbocycles. The summed E-state index contributed by atoms with van der Waals surface area (Å²) in [7, 11) is 0. The van der Waals surface area contributed by atoms with Crippen LogP contribution in [-0.2, 0) is 6.42 Å². The Kier molecular flexibility index (Phi) is 4.28. The number of fused-ring (bicyclic) bond motifs is 1. The number of rotatable bonds is 5. The first-order valence-corrected chi connectivity index (χ1v) is 7.73. The number of nitrogens with one attached hydrogen (secondary N) is 1. The van der Waals surface area contributed by atoms with Crippen molar-refractivity contribution in [3.8, 4) is 11.3 Å². The first-order chi connectivity index (χ1) is 10.3. The van der Waals surface area contributed by atoms with E-state index in [-0.39, 0.29) is 0 Å². The highest BCUT2D eigenvalue weighted by Crippen LogP contribution is 2.34. The fraction of sp³-hybridized carbons (Fsp3) is 0.222. The molecule has 2 nitrogen and oxygen atoms in total. The Morgan fingerprint density at radius 3 is 2.52 bits per heavy atom. The van der Waals surface area contributed by atoms with Crippen molar-refractivity contribution in [3.63, 3.8) is 0 Å². The molecule has 0 radical (unpaired) electrons. The first-order valence-electron chi connectivity index (χ1n) is 7.36. The molecule has 0 spiro atoms. The number of benzene rings is 2. The normalized spacial score (nSPS) is 11.1. The molecular formula is C18H19ClN2. The van der Waals surface area contributed by atoms with Crippen molar-refractivity contribution >= 4 is 22.5 Å². The number of H-pyrrole nitrogens is 1. The van der Waals surface area contributed by atoms with Gasteiger partial charge in [-0.3, -0.25) is 0 Å². The van der Waals surface area contributed by atoms with Gasteiger partial charge in [0.25, 0.3) is 0 Å². The fourth-order valence-electron chi connectivity index (χ4n) is 2.79. The summed E-state index contributed by atoms with van der Waals surface area (Å²) in [6, 6.07) is 16.5. The second-order valence-electron chi connectivity index (χ2n) is 5.25. The summed E-state index contributed by atoms with van der Waals surface area (Å²) >= 11 is 6.34. The van der Waals surface area contributed by atoms with Crippen LogP contribution in [0, 0.1) is 0 Å². The van der Waals surface area contributed by atoms with Crippen molar-refractivity contribution in [2.45, 2.75) is 19.3 Å². The van der Waals surface area contributed by atoms with Crippen LogP contribution in [0.5, 0.6) is 0 Å². The molecule has 1 heterocycles. The average molecular weight is 299 g/mol. The molecule has 3 N–H and O–H groups in total. The van der Waals surface area contributed by atoms with Gasteiger partial charge in [-0.15, -0.1) is 0 Å². The van der Waals surface area contributed by atoms with E-state index < -0.39 is 0 Å². The first kappa shape index (κ1) is 14.2. The molecule has 0 aliphatic carbocycles. The molecule has 3 heteroatoms. The number of halogens is 1. The molecule has 0 bridgehead atoms. The van der Waals surface area contributed by atoms with Crippen LogP contribution in [0.2, 0.25) is 5.02 Å². The smallest absolute Gasteiger partial charge is 0.0651 e. The van der Waals surface area contributed by atoms with Crippen molar-refractivity contribution < 1.29 is 0 Å². The Morgan fingerprint density at radius 2 is 1.76 bits per heavy atom. The average Bonchev–Trinajstić information content (AvgIpc) is 2.89. The van der Waals surface area contributed by atoms with E-state index in [2.05, 4.69) is 35.3 Å². The third-order valence-corrected chi connectivity index (χ3v) is 4.15. The highest BCUT2D eigenvalue weighted by Gasteiger charge is 2.14. The maximum absolute atomic E-state index is 6.34. The zero-order chi connectivity index (χ0) is 14.7. The molecule has 0 amide bonds. The number of aryl methyl sites for hydroxylation is 1. The lowest BCUT2D eigenvalue weighted by molar-refractivity contribution is 0.748. The summed E-state index contributed by atoms with van der Waals surface area (Å²) in [5.74, 6) is 0. The van der Waals surface area contributed by atoms with Gasteiger partial charge < -0.3 is 10.7 Å². The van der Waals surface area contributed by atoms with Crippen molar-refractivity contribution in [3.05, 3.63) is 59.1 Å². The summed E-state index contributed by atoms with van der Waals surface area (Å²) in [6.07, 6.45) is 3.15. The third kappa shape index (κ3) is 2.82. The Hall–Kier alpha value is -1.77. The van der Waals surface area contributed by atoms with E-state index in [0.717, 1.165) is 36.3 Å². The largest absolute Gasteiger partial charge is 0.353 e. The van der Waals surface area contributed by atoms with E-state index in [0.29, 0.717) is 0 Å². The van der Waals surface area contributed by atoms with Crippen LogP contribution in [0.1, 0.15) is 18.4 Å². The van der Waals surface area contributed by atoms with Crippen molar-refractivity contribution in [2.75, 3.05) is 6.54 Å². The molecule has 3 rings (SSSR count). The number of para-hydroxylation sites is 1. The summed E-state index contributed by atoms with van der Waals surface area (Å²) in [5.41, 5.74) is 10.4. The molecular weight excluding hydrogens is 280 g/mol. The van der Waals surface area contributed by atoms with Gasteiger partial charge in [-0.05, 0) is 43.0 Å². The number of hydrogen-bond donors (Lipinski definition) is 2. The lowest BCUT2D eigenvalue weighted by atomic mass is 10.0. The summed E-state index contributed by atoms with van der Waals surface area (Å²) in [4.78, 5) is 3.51. The number of aromatic nitrogens is 1. The maximum Gasteiger partial charge on any atom is 0.0651 e. The van der Waals surface area contributed by atoms with Crippen LogP contribution in [0.25, 0.3) is 22.2 Å². The minimum Gasteiger partial charge on any atom is -0.353 e. The number of nitrogens with two attached hydrogens (primary N) is 1. The molecule has 0 aliphatic heterocycles. The fourth-order valence-corrected chi connectivity index (χ4v) is 3.02. The van der Waals surface area contributed by atoms with E-state index in [9.17, 15) is 0 Å². The predicted octanol–water partition coefficient (Wildman–Crippen LogP) is 4.77. The molecule has 0 atom stereocenters. The second kappa shape index (κ2) is 6.33. The van der Waals surface area contributed by atoms with Crippen LogP contribution >= 0.6 is 11.6 Å². The van der Waals surface area contributed by atoms with Crippen molar-refractivity contribution in [2.24, 2.45) is 5.73 Å². The topological polar surface area (TPSA) is 41.8 Å². The van der Waals surface area contributed by atoms with Crippen LogP contribution < -0.4 is 5.73 Å². The SMILES string of the molecule is NCCCCc1c(-c2ccccc2)[nH]c2c(Cl)cccc12. The van der Waals surface area contributed by atoms with Crippen molar-refractivity contribution in [1.29, 1.82) is 0 Å². The molecule has 2 aromatic carbocycles. The Labute approximate surface area is 129 Å². The third-order valence-electron chi connectivity index (χ3n) is 3.83. The van der Waals surface area contributed by atoms with E-state index in [1.165, 1.54) is 22.2 Å². The van der Waals surface area contributed by atoms with Gasteiger partial charge in [-0.2, -0.15) is 0 Å². The number of aromatic amines is 1. The molecule has 0 aliphatic rings. The monoisotopic (exact) mass is 298 g/mol. The highest BCUT2D eigenvalue weighted by atomic mass is 35.5. The zero-order valence-electron chi connectivity index (χ0n) is 11.9. The summed E-state index contributed by atoms with van der Waals surface area (Å²) in [5, 5.41) is 1.99.